The maximum absolute atomic E-state index is 11.7. The largest absolute Gasteiger partial charge is 0.506 e. The molecule has 25 heavy (non-hydrogen) atoms. The number of phenolic OH excluding ortho intramolecular Hbond substituents is 1. The molecule has 0 heterocycles. The second-order valence-corrected chi connectivity index (χ2v) is 5.92. The van der Waals surface area contributed by atoms with Crippen LogP contribution in [0.1, 0.15) is 5.56 Å². The van der Waals surface area contributed by atoms with E-state index in [1.54, 1.807) is 6.07 Å². The van der Waals surface area contributed by atoms with Crippen molar-refractivity contribution in [2.45, 2.75) is 0 Å². The number of halogens is 2. The SMILES string of the molecule is O=C(COc1ccccc1[N+](=O)[O-])NN=Cc1cc(Cl)cc(Br)c1O. The standard InChI is InChI=1S/C15H11BrClN3O5/c16-11-6-10(17)5-9(15(11)22)7-18-19-14(21)8-25-13-4-2-1-3-12(13)20(23)24/h1-7,22H,8H2,(H,19,21). The first kappa shape index (κ1) is 18.7. The van der Waals surface area contributed by atoms with E-state index < -0.39 is 17.4 Å². The van der Waals surface area contributed by atoms with Crippen molar-refractivity contribution >= 4 is 45.3 Å². The van der Waals surface area contributed by atoms with E-state index in [-0.39, 0.29) is 17.2 Å². The molecule has 0 saturated carbocycles. The normalized spacial score (nSPS) is 10.6. The first-order valence-corrected chi connectivity index (χ1v) is 7.91. The van der Waals surface area contributed by atoms with Gasteiger partial charge in [0.05, 0.1) is 15.6 Å². The lowest BCUT2D eigenvalue weighted by atomic mass is 10.2. The second-order valence-electron chi connectivity index (χ2n) is 4.63. The van der Waals surface area contributed by atoms with E-state index in [1.165, 1.54) is 36.5 Å². The second kappa shape index (κ2) is 8.45. The summed E-state index contributed by atoms with van der Waals surface area (Å²) in [5, 5.41) is 24.7. The molecular weight excluding hydrogens is 418 g/mol. The molecule has 2 aromatic rings. The van der Waals surface area contributed by atoms with Gasteiger partial charge in [-0.05, 0) is 34.1 Å². The molecular formula is C15H11BrClN3O5. The van der Waals surface area contributed by atoms with Gasteiger partial charge in [0.2, 0.25) is 0 Å². The van der Waals surface area contributed by atoms with Crippen LogP contribution in [-0.2, 0) is 4.79 Å². The highest BCUT2D eigenvalue weighted by molar-refractivity contribution is 9.10. The van der Waals surface area contributed by atoms with Crippen molar-refractivity contribution in [2.75, 3.05) is 6.61 Å². The third-order valence-corrected chi connectivity index (χ3v) is 3.69. The molecule has 0 atom stereocenters. The Labute approximate surface area is 155 Å². The monoisotopic (exact) mass is 427 g/mol. The quantitative estimate of drug-likeness (QED) is 0.416. The van der Waals surface area contributed by atoms with E-state index in [0.29, 0.717) is 15.1 Å². The van der Waals surface area contributed by atoms with Crippen molar-refractivity contribution in [3.8, 4) is 11.5 Å². The number of hydrazone groups is 1. The van der Waals surface area contributed by atoms with Crippen molar-refractivity contribution in [2.24, 2.45) is 5.10 Å². The van der Waals surface area contributed by atoms with Crippen LogP contribution in [0.3, 0.4) is 0 Å². The fraction of sp³-hybridized carbons (Fsp3) is 0.0667. The summed E-state index contributed by atoms with van der Waals surface area (Å²) in [7, 11) is 0. The van der Waals surface area contributed by atoms with Gasteiger partial charge in [-0.25, -0.2) is 5.43 Å². The molecule has 2 aromatic carbocycles. The fourth-order valence-electron chi connectivity index (χ4n) is 1.76. The summed E-state index contributed by atoms with van der Waals surface area (Å²) < 4.78 is 5.50. The highest BCUT2D eigenvalue weighted by atomic mass is 79.9. The maximum Gasteiger partial charge on any atom is 0.310 e. The molecule has 2 N–H and O–H groups in total. The summed E-state index contributed by atoms with van der Waals surface area (Å²) in [5.74, 6) is -0.739. The van der Waals surface area contributed by atoms with Gasteiger partial charge in [0.15, 0.2) is 12.4 Å². The molecule has 0 bridgehead atoms. The van der Waals surface area contributed by atoms with Crippen LogP contribution in [0, 0.1) is 10.1 Å². The lowest BCUT2D eigenvalue weighted by Crippen LogP contribution is -2.24. The van der Waals surface area contributed by atoms with E-state index in [0.717, 1.165) is 0 Å². The van der Waals surface area contributed by atoms with E-state index in [1.807, 2.05) is 0 Å². The van der Waals surface area contributed by atoms with Gasteiger partial charge in [0, 0.05) is 16.7 Å². The zero-order chi connectivity index (χ0) is 18.4. The van der Waals surface area contributed by atoms with Crippen LogP contribution >= 0.6 is 27.5 Å². The molecule has 0 aliphatic carbocycles. The lowest BCUT2D eigenvalue weighted by molar-refractivity contribution is -0.385. The number of nitro groups is 1. The fourth-order valence-corrected chi connectivity index (χ4v) is 2.60. The van der Waals surface area contributed by atoms with Crippen LogP contribution in [0.25, 0.3) is 0 Å². The average molecular weight is 429 g/mol. The van der Waals surface area contributed by atoms with Gasteiger partial charge in [0.1, 0.15) is 5.75 Å². The van der Waals surface area contributed by atoms with Crippen molar-refractivity contribution in [3.63, 3.8) is 0 Å². The number of para-hydroxylation sites is 2. The van der Waals surface area contributed by atoms with Crippen molar-refractivity contribution in [3.05, 3.63) is 61.6 Å². The number of nitrogens with one attached hydrogen (secondary N) is 1. The molecule has 0 saturated heterocycles. The number of nitrogens with zero attached hydrogens (tertiary/aromatic N) is 2. The summed E-state index contributed by atoms with van der Waals surface area (Å²) in [4.78, 5) is 21.9. The van der Waals surface area contributed by atoms with Gasteiger partial charge < -0.3 is 9.84 Å². The summed E-state index contributed by atoms with van der Waals surface area (Å²) in [6.07, 6.45) is 1.20. The summed E-state index contributed by atoms with van der Waals surface area (Å²) in [5.41, 5.74) is 2.23. The summed E-state index contributed by atoms with van der Waals surface area (Å²) in [6.45, 7) is -0.465. The number of ether oxygens (including phenoxy) is 1. The minimum atomic E-state index is -0.630. The average Bonchev–Trinajstić information content (AvgIpc) is 2.57. The Balaban J connectivity index is 1.95. The molecule has 0 aliphatic heterocycles. The maximum atomic E-state index is 11.7. The number of hydrogen-bond acceptors (Lipinski definition) is 6. The van der Waals surface area contributed by atoms with Gasteiger partial charge >= 0.3 is 5.69 Å². The molecule has 0 aliphatic rings. The molecule has 0 aromatic heterocycles. The van der Waals surface area contributed by atoms with E-state index >= 15 is 0 Å². The Morgan fingerprint density at radius 3 is 2.88 bits per heavy atom. The number of nitro benzene ring substituents is 1. The molecule has 0 spiro atoms. The van der Waals surface area contributed by atoms with E-state index in [9.17, 15) is 20.0 Å². The minimum absolute atomic E-state index is 0.0250. The Kier molecular flexibility index (Phi) is 6.31. The number of rotatable bonds is 6. The Morgan fingerprint density at radius 1 is 1.44 bits per heavy atom. The number of phenols is 1. The van der Waals surface area contributed by atoms with Crippen molar-refractivity contribution in [1.82, 2.24) is 5.43 Å². The van der Waals surface area contributed by atoms with Gasteiger partial charge in [-0.3, -0.25) is 14.9 Å². The predicted molar refractivity (Wildman–Crippen MR) is 95.1 cm³/mol. The number of benzene rings is 2. The Bertz CT molecular complexity index is 844. The highest BCUT2D eigenvalue weighted by Crippen LogP contribution is 2.30. The first-order chi connectivity index (χ1) is 11.9. The first-order valence-electron chi connectivity index (χ1n) is 6.74. The number of carbonyl (C=O) groups is 1. The number of amides is 1. The summed E-state index contributed by atoms with van der Waals surface area (Å²) in [6, 6.07) is 8.67. The number of aromatic hydroxyl groups is 1. The van der Waals surface area contributed by atoms with Gasteiger partial charge in [-0.15, -0.1) is 0 Å². The number of hydrogen-bond donors (Lipinski definition) is 2. The summed E-state index contributed by atoms with van der Waals surface area (Å²) >= 11 is 8.98. The van der Waals surface area contributed by atoms with Crippen LogP contribution < -0.4 is 10.2 Å². The topological polar surface area (TPSA) is 114 Å². The Morgan fingerprint density at radius 2 is 2.16 bits per heavy atom. The lowest BCUT2D eigenvalue weighted by Gasteiger charge is -2.05. The molecule has 10 heteroatoms. The zero-order valence-electron chi connectivity index (χ0n) is 12.5. The molecule has 2 rings (SSSR count). The van der Waals surface area contributed by atoms with E-state index in [4.69, 9.17) is 16.3 Å². The minimum Gasteiger partial charge on any atom is -0.506 e. The van der Waals surface area contributed by atoms with E-state index in [2.05, 4.69) is 26.5 Å². The number of carbonyl (C=O) groups excluding carboxylic acids is 1. The Hall–Kier alpha value is -2.65. The van der Waals surface area contributed by atoms with Crippen LogP contribution in [-0.4, -0.2) is 28.8 Å². The molecule has 130 valence electrons. The molecule has 0 radical (unpaired) electrons. The molecule has 8 nitrogen and oxygen atoms in total. The predicted octanol–water partition coefficient (Wildman–Crippen LogP) is 3.25. The van der Waals surface area contributed by atoms with Crippen molar-refractivity contribution in [1.29, 1.82) is 0 Å². The third-order valence-electron chi connectivity index (χ3n) is 2.87. The van der Waals surface area contributed by atoms with Crippen LogP contribution in [0.4, 0.5) is 5.69 Å². The molecule has 0 unspecified atom stereocenters. The smallest absolute Gasteiger partial charge is 0.310 e. The third kappa shape index (κ3) is 5.16. The molecule has 1 amide bonds. The zero-order valence-corrected chi connectivity index (χ0v) is 14.8. The highest BCUT2D eigenvalue weighted by Gasteiger charge is 2.14. The molecule has 0 fully saturated rings. The van der Waals surface area contributed by atoms with Crippen LogP contribution in [0.2, 0.25) is 5.02 Å². The van der Waals surface area contributed by atoms with Crippen molar-refractivity contribution < 1.29 is 19.6 Å². The van der Waals surface area contributed by atoms with Crippen LogP contribution in [0.15, 0.2) is 46.0 Å². The van der Waals surface area contributed by atoms with Gasteiger partial charge in [-0.2, -0.15) is 5.10 Å². The van der Waals surface area contributed by atoms with Crippen LogP contribution in [0.5, 0.6) is 11.5 Å². The van der Waals surface area contributed by atoms with Gasteiger partial charge in [-0.1, -0.05) is 23.7 Å². The van der Waals surface area contributed by atoms with Gasteiger partial charge in [0.25, 0.3) is 5.91 Å².